The Bertz CT molecular complexity index is 1130. The molecule has 28 heavy (non-hydrogen) atoms. The van der Waals surface area contributed by atoms with Crippen molar-refractivity contribution in [3.63, 3.8) is 0 Å². The molecule has 4 heterocycles. The van der Waals surface area contributed by atoms with Crippen molar-refractivity contribution < 1.29 is 8.42 Å². The minimum absolute atomic E-state index is 0.0357. The highest BCUT2D eigenvalue weighted by Crippen LogP contribution is 2.32. The SMILES string of the molecule is CCCc1nc2cccnc2n1C1CCN(S(=O)(=O)c2c(C)nn(C)c2C)C1. The first kappa shape index (κ1) is 19.1. The highest BCUT2D eigenvalue weighted by molar-refractivity contribution is 7.89. The molecule has 0 bridgehead atoms. The Balaban J connectivity index is 1.70. The van der Waals surface area contributed by atoms with Crippen LogP contribution in [0.4, 0.5) is 0 Å². The Morgan fingerprint density at radius 1 is 1.29 bits per heavy atom. The van der Waals surface area contributed by atoms with Crippen LogP contribution in [0.25, 0.3) is 11.2 Å². The molecule has 0 amide bonds. The quantitative estimate of drug-likeness (QED) is 0.654. The van der Waals surface area contributed by atoms with E-state index in [4.69, 9.17) is 4.98 Å². The number of hydrogen-bond donors (Lipinski definition) is 0. The number of imidazole rings is 1. The van der Waals surface area contributed by atoms with Crippen molar-refractivity contribution >= 4 is 21.2 Å². The van der Waals surface area contributed by atoms with E-state index in [0.29, 0.717) is 29.4 Å². The summed E-state index contributed by atoms with van der Waals surface area (Å²) in [6, 6.07) is 3.88. The zero-order valence-electron chi connectivity index (χ0n) is 16.8. The molecule has 9 heteroatoms. The van der Waals surface area contributed by atoms with Gasteiger partial charge >= 0.3 is 0 Å². The number of nitrogens with zero attached hydrogens (tertiary/aromatic N) is 6. The van der Waals surface area contributed by atoms with E-state index in [1.807, 2.05) is 12.1 Å². The van der Waals surface area contributed by atoms with E-state index in [-0.39, 0.29) is 6.04 Å². The Morgan fingerprint density at radius 3 is 2.75 bits per heavy atom. The van der Waals surface area contributed by atoms with Gasteiger partial charge in [0.15, 0.2) is 5.65 Å². The number of hydrogen-bond acceptors (Lipinski definition) is 5. The number of rotatable bonds is 5. The van der Waals surface area contributed by atoms with Gasteiger partial charge in [0.2, 0.25) is 10.0 Å². The van der Waals surface area contributed by atoms with E-state index in [0.717, 1.165) is 36.3 Å². The summed E-state index contributed by atoms with van der Waals surface area (Å²) in [6.07, 6.45) is 4.34. The summed E-state index contributed by atoms with van der Waals surface area (Å²) in [5, 5.41) is 4.28. The maximum absolute atomic E-state index is 13.3. The van der Waals surface area contributed by atoms with Crippen molar-refractivity contribution in [1.82, 2.24) is 28.6 Å². The van der Waals surface area contributed by atoms with Crippen LogP contribution in [0.3, 0.4) is 0 Å². The van der Waals surface area contributed by atoms with Gasteiger partial charge in [0.25, 0.3) is 0 Å². The van der Waals surface area contributed by atoms with Crippen molar-refractivity contribution in [2.45, 2.75) is 51.0 Å². The first-order valence-electron chi connectivity index (χ1n) is 9.66. The highest BCUT2D eigenvalue weighted by Gasteiger charge is 2.37. The van der Waals surface area contributed by atoms with Gasteiger partial charge < -0.3 is 4.57 Å². The molecule has 1 unspecified atom stereocenters. The summed E-state index contributed by atoms with van der Waals surface area (Å²) in [6.45, 7) is 6.58. The monoisotopic (exact) mass is 402 g/mol. The number of pyridine rings is 1. The predicted octanol–water partition coefficient (Wildman–Crippen LogP) is 2.37. The minimum Gasteiger partial charge on any atom is -0.308 e. The van der Waals surface area contributed by atoms with E-state index >= 15 is 0 Å². The van der Waals surface area contributed by atoms with Crippen LogP contribution in [0, 0.1) is 13.8 Å². The van der Waals surface area contributed by atoms with E-state index in [1.165, 1.54) is 0 Å². The molecule has 0 saturated carbocycles. The smallest absolute Gasteiger partial charge is 0.246 e. The molecular weight excluding hydrogens is 376 g/mol. The summed E-state index contributed by atoms with van der Waals surface area (Å²) in [5.74, 6) is 0.981. The molecule has 3 aromatic rings. The summed E-state index contributed by atoms with van der Waals surface area (Å²) >= 11 is 0. The van der Waals surface area contributed by atoms with Gasteiger partial charge in [-0.05, 0) is 38.8 Å². The molecule has 3 aromatic heterocycles. The Morgan fingerprint density at radius 2 is 2.07 bits per heavy atom. The average Bonchev–Trinajstić information content (AvgIpc) is 3.31. The summed E-state index contributed by atoms with van der Waals surface area (Å²) < 4.78 is 32.0. The van der Waals surface area contributed by atoms with E-state index in [9.17, 15) is 8.42 Å². The van der Waals surface area contributed by atoms with Crippen LogP contribution >= 0.6 is 0 Å². The normalized spacial score (nSPS) is 18.4. The standard InChI is InChI=1S/C19H26N6O2S/c1-5-7-17-21-16-8-6-10-20-19(16)25(17)15-9-11-24(12-15)28(26,27)18-13(2)22-23(4)14(18)3/h6,8,10,15H,5,7,9,11-12H2,1-4H3. The third-order valence-corrected chi connectivity index (χ3v) is 7.65. The van der Waals surface area contributed by atoms with Crippen LogP contribution in [0.1, 0.15) is 43.0 Å². The average molecular weight is 403 g/mol. The Kier molecular flexibility index (Phi) is 4.75. The van der Waals surface area contributed by atoms with Crippen molar-refractivity contribution in [2.24, 2.45) is 7.05 Å². The van der Waals surface area contributed by atoms with E-state index in [2.05, 4.69) is 21.6 Å². The maximum atomic E-state index is 13.3. The lowest BCUT2D eigenvalue weighted by atomic mass is 10.2. The van der Waals surface area contributed by atoms with Crippen LogP contribution < -0.4 is 0 Å². The van der Waals surface area contributed by atoms with Gasteiger partial charge in [0, 0.05) is 32.8 Å². The van der Waals surface area contributed by atoms with Crippen LogP contribution in [0.2, 0.25) is 0 Å². The summed E-state index contributed by atoms with van der Waals surface area (Å²) in [4.78, 5) is 9.60. The van der Waals surface area contributed by atoms with Crippen molar-refractivity contribution in [3.8, 4) is 0 Å². The second-order valence-electron chi connectivity index (χ2n) is 7.42. The first-order chi connectivity index (χ1) is 13.3. The predicted molar refractivity (Wildman–Crippen MR) is 107 cm³/mol. The molecule has 4 rings (SSSR count). The molecule has 0 N–H and O–H groups in total. The van der Waals surface area contributed by atoms with Gasteiger partial charge in [-0.1, -0.05) is 6.92 Å². The van der Waals surface area contributed by atoms with Gasteiger partial charge in [0.1, 0.15) is 16.2 Å². The fourth-order valence-electron chi connectivity index (χ4n) is 4.16. The van der Waals surface area contributed by atoms with Crippen molar-refractivity contribution in [3.05, 3.63) is 35.5 Å². The molecule has 1 saturated heterocycles. The zero-order chi connectivity index (χ0) is 20.1. The fraction of sp³-hybridized carbons (Fsp3) is 0.526. The molecule has 0 aliphatic carbocycles. The Labute approximate surface area is 165 Å². The summed E-state index contributed by atoms with van der Waals surface area (Å²) in [7, 11) is -1.81. The van der Waals surface area contributed by atoms with Crippen LogP contribution in [0.5, 0.6) is 0 Å². The van der Waals surface area contributed by atoms with Gasteiger partial charge in [0.05, 0.1) is 17.4 Å². The highest BCUT2D eigenvalue weighted by atomic mass is 32.2. The molecule has 1 aliphatic heterocycles. The van der Waals surface area contributed by atoms with Gasteiger partial charge in [-0.2, -0.15) is 9.40 Å². The number of aryl methyl sites for hydroxylation is 3. The molecule has 0 spiro atoms. The molecule has 1 fully saturated rings. The molecule has 0 aromatic carbocycles. The van der Waals surface area contributed by atoms with Crippen LogP contribution in [-0.2, 0) is 23.5 Å². The number of fused-ring (bicyclic) bond motifs is 1. The van der Waals surface area contributed by atoms with Gasteiger partial charge in [-0.3, -0.25) is 4.68 Å². The van der Waals surface area contributed by atoms with E-state index < -0.39 is 10.0 Å². The molecular formula is C19H26N6O2S. The Hall–Kier alpha value is -2.26. The third-order valence-electron chi connectivity index (χ3n) is 5.53. The van der Waals surface area contributed by atoms with E-state index in [1.54, 1.807) is 36.1 Å². The van der Waals surface area contributed by atoms with Crippen molar-refractivity contribution in [1.29, 1.82) is 0 Å². The molecule has 1 aliphatic rings. The van der Waals surface area contributed by atoms with Crippen molar-refractivity contribution in [2.75, 3.05) is 13.1 Å². The lowest BCUT2D eigenvalue weighted by Gasteiger charge is -2.19. The third kappa shape index (κ3) is 2.93. The first-order valence-corrected chi connectivity index (χ1v) is 11.1. The lowest BCUT2D eigenvalue weighted by molar-refractivity contribution is 0.448. The lowest BCUT2D eigenvalue weighted by Crippen LogP contribution is -2.30. The second-order valence-corrected chi connectivity index (χ2v) is 9.30. The van der Waals surface area contributed by atoms with Gasteiger partial charge in [-0.25, -0.2) is 18.4 Å². The fourth-order valence-corrected chi connectivity index (χ4v) is 6.05. The zero-order valence-corrected chi connectivity index (χ0v) is 17.6. The molecule has 150 valence electrons. The molecule has 1 atom stereocenters. The largest absolute Gasteiger partial charge is 0.308 e. The van der Waals surface area contributed by atoms with Crippen LogP contribution in [-0.4, -0.2) is 50.1 Å². The van der Waals surface area contributed by atoms with Crippen LogP contribution in [0.15, 0.2) is 23.2 Å². The van der Waals surface area contributed by atoms with Gasteiger partial charge in [-0.15, -0.1) is 0 Å². The number of aromatic nitrogens is 5. The minimum atomic E-state index is -3.59. The summed E-state index contributed by atoms with van der Waals surface area (Å²) in [5.41, 5.74) is 2.92. The number of sulfonamides is 1. The topological polar surface area (TPSA) is 85.9 Å². The molecule has 0 radical (unpaired) electrons. The second kappa shape index (κ2) is 6.97. The molecule has 8 nitrogen and oxygen atoms in total. The maximum Gasteiger partial charge on any atom is 0.246 e.